The van der Waals surface area contributed by atoms with Gasteiger partial charge in [-0.2, -0.15) is 0 Å². The van der Waals surface area contributed by atoms with Crippen molar-refractivity contribution in [2.24, 2.45) is 17.8 Å². The monoisotopic (exact) mass is 252 g/mol. The molecule has 102 valence electrons. The van der Waals surface area contributed by atoms with Gasteiger partial charge in [0.15, 0.2) is 0 Å². The fourth-order valence-electron chi connectivity index (χ4n) is 4.11. The van der Waals surface area contributed by atoms with Crippen molar-refractivity contribution in [1.82, 2.24) is 10.2 Å². The van der Waals surface area contributed by atoms with Gasteiger partial charge in [0.2, 0.25) is 0 Å². The highest BCUT2D eigenvalue weighted by molar-refractivity contribution is 5.70. The molecule has 1 aliphatic carbocycles. The molecular weight excluding hydrogens is 228 g/mol. The minimum atomic E-state index is -0.590. The zero-order valence-corrected chi connectivity index (χ0v) is 11.0. The second-order valence-electron chi connectivity index (χ2n) is 6.29. The van der Waals surface area contributed by atoms with Crippen molar-refractivity contribution in [3.05, 3.63) is 0 Å². The topological polar surface area (TPSA) is 52.6 Å². The van der Waals surface area contributed by atoms with Gasteiger partial charge >= 0.3 is 5.97 Å². The van der Waals surface area contributed by atoms with Crippen LogP contribution in [0.15, 0.2) is 0 Å². The highest BCUT2D eigenvalue weighted by Gasteiger charge is 2.36. The molecule has 0 aromatic rings. The number of carboxylic acids is 1. The van der Waals surface area contributed by atoms with E-state index in [4.69, 9.17) is 0 Å². The predicted molar refractivity (Wildman–Crippen MR) is 69.4 cm³/mol. The molecule has 3 aliphatic heterocycles. The molecule has 4 aliphatic rings. The van der Waals surface area contributed by atoms with E-state index in [1.165, 1.54) is 32.5 Å². The molecule has 3 heterocycles. The number of hydrogen-bond acceptors (Lipinski definition) is 3. The number of piperidine rings is 3. The number of carbonyl (C=O) groups is 1. The van der Waals surface area contributed by atoms with Gasteiger partial charge in [0, 0.05) is 12.6 Å². The fourth-order valence-corrected chi connectivity index (χ4v) is 4.11. The predicted octanol–water partition coefficient (Wildman–Crippen LogP) is 1.17. The van der Waals surface area contributed by atoms with Crippen molar-refractivity contribution in [3.8, 4) is 0 Å². The van der Waals surface area contributed by atoms with Crippen LogP contribution >= 0.6 is 0 Å². The lowest BCUT2D eigenvalue weighted by Crippen LogP contribution is -2.56. The minimum absolute atomic E-state index is 0.0985. The van der Waals surface area contributed by atoms with Crippen molar-refractivity contribution >= 4 is 5.97 Å². The highest BCUT2D eigenvalue weighted by Crippen LogP contribution is 2.32. The van der Waals surface area contributed by atoms with Crippen molar-refractivity contribution in [1.29, 1.82) is 0 Å². The third kappa shape index (κ3) is 2.41. The van der Waals surface area contributed by atoms with Gasteiger partial charge in [-0.1, -0.05) is 6.42 Å². The summed E-state index contributed by atoms with van der Waals surface area (Å²) in [5.41, 5.74) is 0. The van der Waals surface area contributed by atoms with E-state index >= 15 is 0 Å². The molecule has 3 unspecified atom stereocenters. The molecule has 3 saturated heterocycles. The number of nitrogens with zero attached hydrogens (tertiary/aromatic N) is 1. The molecule has 2 N–H and O–H groups in total. The molecule has 0 spiro atoms. The first-order valence-corrected chi connectivity index (χ1v) is 7.42. The Morgan fingerprint density at radius 1 is 1.22 bits per heavy atom. The Labute approximate surface area is 109 Å². The SMILES string of the molecule is O=C(O)C1CCCC1CNC1CN2CCC1CC2. The fraction of sp³-hybridized carbons (Fsp3) is 0.929. The zero-order valence-electron chi connectivity index (χ0n) is 11.0. The molecule has 0 aromatic heterocycles. The van der Waals surface area contributed by atoms with Crippen LogP contribution in [0.1, 0.15) is 32.1 Å². The standard InChI is InChI=1S/C14H24N2O2/c17-14(18)12-3-1-2-11(12)8-15-13-9-16-6-4-10(13)5-7-16/h10-13,15H,1-9H2,(H,17,18). The molecule has 4 nitrogen and oxygen atoms in total. The molecular formula is C14H24N2O2. The average molecular weight is 252 g/mol. The third-order valence-corrected chi connectivity index (χ3v) is 5.27. The van der Waals surface area contributed by atoms with Crippen molar-refractivity contribution < 1.29 is 9.90 Å². The summed E-state index contributed by atoms with van der Waals surface area (Å²) in [6, 6.07) is 0.613. The van der Waals surface area contributed by atoms with Crippen LogP contribution in [-0.2, 0) is 4.79 Å². The van der Waals surface area contributed by atoms with E-state index in [2.05, 4.69) is 10.2 Å². The number of rotatable bonds is 4. The number of fused-ring (bicyclic) bond motifs is 3. The largest absolute Gasteiger partial charge is 0.481 e. The molecule has 1 saturated carbocycles. The van der Waals surface area contributed by atoms with Gasteiger partial charge in [-0.25, -0.2) is 0 Å². The number of aliphatic carboxylic acids is 1. The molecule has 4 rings (SSSR count). The Bertz CT molecular complexity index is 313. The van der Waals surface area contributed by atoms with Crippen molar-refractivity contribution in [2.45, 2.75) is 38.1 Å². The van der Waals surface area contributed by atoms with Gasteiger partial charge in [0.25, 0.3) is 0 Å². The number of carboxylic acid groups (broad SMARTS) is 1. The van der Waals surface area contributed by atoms with Crippen LogP contribution < -0.4 is 5.32 Å². The summed E-state index contributed by atoms with van der Waals surface area (Å²) in [7, 11) is 0. The molecule has 0 radical (unpaired) electrons. The Kier molecular flexibility index (Phi) is 3.57. The second kappa shape index (κ2) is 5.17. The summed E-state index contributed by atoms with van der Waals surface area (Å²) >= 11 is 0. The van der Waals surface area contributed by atoms with Gasteiger partial charge in [0.05, 0.1) is 5.92 Å². The first kappa shape index (κ1) is 12.4. The Balaban J connectivity index is 1.50. The quantitative estimate of drug-likeness (QED) is 0.788. The molecule has 0 amide bonds. The van der Waals surface area contributed by atoms with Crippen molar-refractivity contribution in [3.63, 3.8) is 0 Å². The normalized spacial score (nSPS) is 43.2. The van der Waals surface area contributed by atoms with Gasteiger partial charge in [-0.15, -0.1) is 0 Å². The van der Waals surface area contributed by atoms with E-state index in [1.807, 2.05) is 0 Å². The summed E-state index contributed by atoms with van der Waals surface area (Å²) in [6.45, 7) is 4.62. The summed E-state index contributed by atoms with van der Waals surface area (Å²) < 4.78 is 0. The smallest absolute Gasteiger partial charge is 0.306 e. The summed E-state index contributed by atoms with van der Waals surface area (Å²) in [5, 5.41) is 12.9. The van der Waals surface area contributed by atoms with E-state index < -0.39 is 5.97 Å². The zero-order chi connectivity index (χ0) is 12.5. The average Bonchev–Trinajstić information content (AvgIpc) is 2.86. The van der Waals surface area contributed by atoms with Crippen LogP contribution in [0.4, 0.5) is 0 Å². The van der Waals surface area contributed by atoms with E-state index in [0.29, 0.717) is 12.0 Å². The first-order valence-electron chi connectivity index (χ1n) is 7.42. The van der Waals surface area contributed by atoms with Crippen LogP contribution in [0.3, 0.4) is 0 Å². The van der Waals surface area contributed by atoms with E-state index in [0.717, 1.165) is 31.7 Å². The maximum Gasteiger partial charge on any atom is 0.306 e. The molecule has 4 heteroatoms. The van der Waals surface area contributed by atoms with E-state index in [9.17, 15) is 9.90 Å². The van der Waals surface area contributed by atoms with E-state index in [-0.39, 0.29) is 5.92 Å². The maximum absolute atomic E-state index is 11.2. The number of hydrogen-bond donors (Lipinski definition) is 2. The lowest BCUT2D eigenvalue weighted by atomic mass is 9.83. The van der Waals surface area contributed by atoms with Crippen LogP contribution in [0, 0.1) is 17.8 Å². The summed E-state index contributed by atoms with van der Waals surface area (Å²) in [5.74, 6) is 0.504. The third-order valence-electron chi connectivity index (χ3n) is 5.27. The van der Waals surface area contributed by atoms with E-state index in [1.54, 1.807) is 0 Å². The molecule has 2 bridgehead atoms. The Morgan fingerprint density at radius 2 is 2.00 bits per heavy atom. The Hall–Kier alpha value is -0.610. The van der Waals surface area contributed by atoms with Gasteiger partial charge in [0.1, 0.15) is 0 Å². The molecule has 4 fully saturated rings. The minimum Gasteiger partial charge on any atom is -0.481 e. The molecule has 3 atom stereocenters. The lowest BCUT2D eigenvalue weighted by Gasteiger charge is -2.45. The summed E-state index contributed by atoms with van der Waals surface area (Å²) in [6.07, 6.45) is 5.70. The Morgan fingerprint density at radius 3 is 2.61 bits per heavy atom. The van der Waals surface area contributed by atoms with Gasteiger partial charge in [-0.05, 0) is 57.2 Å². The molecule has 18 heavy (non-hydrogen) atoms. The van der Waals surface area contributed by atoms with Gasteiger partial charge in [-0.3, -0.25) is 4.79 Å². The van der Waals surface area contributed by atoms with Crippen molar-refractivity contribution in [2.75, 3.05) is 26.2 Å². The van der Waals surface area contributed by atoms with Crippen LogP contribution in [-0.4, -0.2) is 48.2 Å². The molecule has 0 aromatic carbocycles. The first-order chi connectivity index (χ1) is 8.74. The number of nitrogens with one attached hydrogen (secondary N) is 1. The summed E-state index contributed by atoms with van der Waals surface area (Å²) in [4.78, 5) is 13.7. The van der Waals surface area contributed by atoms with Gasteiger partial charge < -0.3 is 15.3 Å². The van der Waals surface area contributed by atoms with Crippen LogP contribution in [0.5, 0.6) is 0 Å². The maximum atomic E-state index is 11.2. The van der Waals surface area contributed by atoms with Crippen LogP contribution in [0.25, 0.3) is 0 Å². The lowest BCUT2D eigenvalue weighted by molar-refractivity contribution is -0.142. The second-order valence-corrected chi connectivity index (χ2v) is 6.29. The highest BCUT2D eigenvalue weighted by atomic mass is 16.4. The van der Waals surface area contributed by atoms with Crippen LogP contribution in [0.2, 0.25) is 0 Å².